The number of halogens is 1. The maximum absolute atomic E-state index is 5.26. The van der Waals surface area contributed by atoms with Gasteiger partial charge in [-0.3, -0.25) is 0 Å². The van der Waals surface area contributed by atoms with Crippen molar-refractivity contribution in [3.63, 3.8) is 0 Å². The van der Waals surface area contributed by atoms with Crippen molar-refractivity contribution in [2.24, 2.45) is 4.99 Å². The standard InChI is InChI=1S/C13H19N3O.HI/c1-2-14-13(16-11-6-3-4-7-11)15-10-12-8-5-9-17-12;/h3-5,8-9,11H,2,6-7,10H2,1H3,(H2,14,15,16);1H. The Balaban J connectivity index is 0.00000162. The Hall–Kier alpha value is -0.980. The summed E-state index contributed by atoms with van der Waals surface area (Å²) < 4.78 is 5.26. The third-order valence-corrected chi connectivity index (χ3v) is 2.67. The average Bonchev–Trinajstić information content (AvgIpc) is 2.99. The normalized spacial score (nSPS) is 15.5. The zero-order valence-corrected chi connectivity index (χ0v) is 12.9. The minimum atomic E-state index is 0. The average molecular weight is 361 g/mol. The van der Waals surface area contributed by atoms with Gasteiger partial charge in [0.15, 0.2) is 5.96 Å². The lowest BCUT2D eigenvalue weighted by Gasteiger charge is -2.16. The zero-order valence-electron chi connectivity index (χ0n) is 10.6. The number of furan rings is 1. The SMILES string of the molecule is CCNC(=NCc1ccco1)NC1CC=CC1.I. The van der Waals surface area contributed by atoms with E-state index in [1.54, 1.807) is 6.26 Å². The molecule has 0 bridgehead atoms. The Morgan fingerprint density at radius 3 is 2.83 bits per heavy atom. The second kappa shape index (κ2) is 8.18. The lowest BCUT2D eigenvalue weighted by atomic mass is 10.2. The van der Waals surface area contributed by atoms with Crippen LogP contribution in [0.15, 0.2) is 40.0 Å². The summed E-state index contributed by atoms with van der Waals surface area (Å²) in [7, 11) is 0. The minimum Gasteiger partial charge on any atom is -0.467 e. The molecule has 2 N–H and O–H groups in total. The van der Waals surface area contributed by atoms with Gasteiger partial charge in [0.2, 0.25) is 0 Å². The Bertz CT molecular complexity index is 379. The van der Waals surface area contributed by atoms with Crippen molar-refractivity contribution in [1.82, 2.24) is 10.6 Å². The second-order valence-electron chi connectivity index (χ2n) is 4.06. The molecule has 0 unspecified atom stereocenters. The summed E-state index contributed by atoms with van der Waals surface area (Å²) in [5.41, 5.74) is 0. The fourth-order valence-electron chi connectivity index (χ4n) is 1.81. The summed E-state index contributed by atoms with van der Waals surface area (Å²) in [6.07, 6.45) is 8.23. The maximum atomic E-state index is 5.26. The highest BCUT2D eigenvalue weighted by molar-refractivity contribution is 14.0. The summed E-state index contributed by atoms with van der Waals surface area (Å²) in [5, 5.41) is 6.66. The number of guanidine groups is 1. The predicted octanol–water partition coefficient (Wildman–Crippen LogP) is 2.67. The predicted molar refractivity (Wildman–Crippen MR) is 84.2 cm³/mol. The largest absolute Gasteiger partial charge is 0.467 e. The highest BCUT2D eigenvalue weighted by Crippen LogP contribution is 2.09. The molecule has 1 aliphatic carbocycles. The van der Waals surface area contributed by atoms with Crippen molar-refractivity contribution >= 4 is 29.9 Å². The molecule has 0 aliphatic heterocycles. The van der Waals surface area contributed by atoms with E-state index in [-0.39, 0.29) is 24.0 Å². The third kappa shape index (κ3) is 4.72. The van der Waals surface area contributed by atoms with Crippen LogP contribution in [0, 0.1) is 0 Å². The minimum absolute atomic E-state index is 0. The first kappa shape index (κ1) is 15.1. The van der Waals surface area contributed by atoms with Gasteiger partial charge < -0.3 is 15.1 Å². The van der Waals surface area contributed by atoms with Gasteiger partial charge in [0.25, 0.3) is 0 Å². The zero-order chi connectivity index (χ0) is 11.9. The van der Waals surface area contributed by atoms with Gasteiger partial charge in [-0.05, 0) is 31.9 Å². The summed E-state index contributed by atoms with van der Waals surface area (Å²) in [4.78, 5) is 4.49. The molecule has 1 aromatic heterocycles. The van der Waals surface area contributed by atoms with Gasteiger partial charge >= 0.3 is 0 Å². The number of aliphatic imine (C=N–C) groups is 1. The number of nitrogens with one attached hydrogen (secondary N) is 2. The molecule has 0 atom stereocenters. The second-order valence-corrected chi connectivity index (χ2v) is 4.06. The van der Waals surface area contributed by atoms with Gasteiger partial charge in [-0.15, -0.1) is 24.0 Å². The third-order valence-electron chi connectivity index (χ3n) is 2.67. The number of hydrogen-bond donors (Lipinski definition) is 2. The molecule has 0 fully saturated rings. The van der Waals surface area contributed by atoms with Crippen LogP contribution in [0.2, 0.25) is 0 Å². The van der Waals surface area contributed by atoms with Crippen LogP contribution in [0.3, 0.4) is 0 Å². The van der Waals surface area contributed by atoms with Crippen LogP contribution < -0.4 is 10.6 Å². The lowest BCUT2D eigenvalue weighted by Crippen LogP contribution is -2.42. The summed E-state index contributed by atoms with van der Waals surface area (Å²) >= 11 is 0. The van der Waals surface area contributed by atoms with E-state index in [9.17, 15) is 0 Å². The smallest absolute Gasteiger partial charge is 0.191 e. The molecular formula is C13H20IN3O. The van der Waals surface area contributed by atoms with E-state index in [0.717, 1.165) is 31.1 Å². The summed E-state index contributed by atoms with van der Waals surface area (Å²) in [6.45, 7) is 3.50. The van der Waals surface area contributed by atoms with Crippen LogP contribution in [0.5, 0.6) is 0 Å². The molecule has 2 rings (SSSR count). The number of rotatable bonds is 4. The maximum Gasteiger partial charge on any atom is 0.191 e. The van der Waals surface area contributed by atoms with Crippen LogP contribution in [0.25, 0.3) is 0 Å². The van der Waals surface area contributed by atoms with Crippen molar-refractivity contribution in [2.75, 3.05) is 6.54 Å². The fraction of sp³-hybridized carbons (Fsp3) is 0.462. The quantitative estimate of drug-likeness (QED) is 0.375. The van der Waals surface area contributed by atoms with E-state index in [1.807, 2.05) is 12.1 Å². The van der Waals surface area contributed by atoms with Crippen LogP contribution >= 0.6 is 24.0 Å². The Labute approximate surface area is 125 Å². The van der Waals surface area contributed by atoms with Gasteiger partial charge in [-0.1, -0.05) is 12.2 Å². The monoisotopic (exact) mass is 361 g/mol. The highest BCUT2D eigenvalue weighted by Gasteiger charge is 2.11. The molecule has 1 heterocycles. The molecule has 5 heteroatoms. The van der Waals surface area contributed by atoms with Crippen LogP contribution in [-0.4, -0.2) is 18.5 Å². The highest BCUT2D eigenvalue weighted by atomic mass is 127. The molecule has 1 aliphatic rings. The molecule has 0 saturated heterocycles. The van der Waals surface area contributed by atoms with Crippen molar-refractivity contribution in [3.8, 4) is 0 Å². The molecule has 1 aromatic rings. The van der Waals surface area contributed by atoms with Gasteiger partial charge in [-0.2, -0.15) is 0 Å². The Kier molecular flexibility index (Phi) is 6.85. The first-order valence-electron chi connectivity index (χ1n) is 6.10. The lowest BCUT2D eigenvalue weighted by molar-refractivity contribution is 0.511. The molecule has 0 saturated carbocycles. The van der Waals surface area contributed by atoms with Crippen LogP contribution in [-0.2, 0) is 6.54 Å². The Morgan fingerprint density at radius 1 is 1.44 bits per heavy atom. The Morgan fingerprint density at radius 2 is 2.22 bits per heavy atom. The van der Waals surface area contributed by atoms with E-state index in [0.29, 0.717) is 12.6 Å². The summed E-state index contributed by atoms with van der Waals surface area (Å²) in [5.74, 6) is 1.74. The van der Waals surface area contributed by atoms with E-state index in [4.69, 9.17) is 4.42 Å². The topological polar surface area (TPSA) is 49.6 Å². The van der Waals surface area contributed by atoms with Crippen molar-refractivity contribution in [3.05, 3.63) is 36.3 Å². The molecule has 0 radical (unpaired) electrons. The van der Waals surface area contributed by atoms with Crippen molar-refractivity contribution in [2.45, 2.75) is 32.4 Å². The first-order valence-corrected chi connectivity index (χ1v) is 6.10. The van der Waals surface area contributed by atoms with E-state index in [2.05, 4.69) is 34.7 Å². The molecular weight excluding hydrogens is 341 g/mol. The molecule has 0 spiro atoms. The fourth-order valence-corrected chi connectivity index (χ4v) is 1.81. The first-order chi connectivity index (χ1) is 8.38. The van der Waals surface area contributed by atoms with Gasteiger partial charge in [0.1, 0.15) is 12.3 Å². The molecule has 0 amide bonds. The molecule has 18 heavy (non-hydrogen) atoms. The number of hydrogen-bond acceptors (Lipinski definition) is 2. The van der Waals surface area contributed by atoms with Crippen LogP contribution in [0.4, 0.5) is 0 Å². The molecule has 100 valence electrons. The van der Waals surface area contributed by atoms with E-state index < -0.39 is 0 Å². The van der Waals surface area contributed by atoms with Crippen molar-refractivity contribution < 1.29 is 4.42 Å². The number of nitrogens with zero attached hydrogens (tertiary/aromatic N) is 1. The van der Waals surface area contributed by atoms with Gasteiger partial charge in [0.05, 0.1) is 6.26 Å². The van der Waals surface area contributed by atoms with Crippen molar-refractivity contribution in [1.29, 1.82) is 0 Å². The van der Waals surface area contributed by atoms with E-state index in [1.165, 1.54) is 0 Å². The summed E-state index contributed by atoms with van der Waals surface area (Å²) in [6, 6.07) is 4.29. The van der Waals surface area contributed by atoms with Gasteiger partial charge in [-0.25, -0.2) is 4.99 Å². The molecule has 0 aromatic carbocycles. The molecule has 4 nitrogen and oxygen atoms in total. The van der Waals surface area contributed by atoms with Gasteiger partial charge in [0, 0.05) is 12.6 Å². The van der Waals surface area contributed by atoms with Crippen LogP contribution in [0.1, 0.15) is 25.5 Å². The van der Waals surface area contributed by atoms with E-state index >= 15 is 0 Å².